The zero-order valence-electron chi connectivity index (χ0n) is 12.1. The van der Waals surface area contributed by atoms with Crippen LogP contribution in [0.15, 0.2) is 44.5 Å². The normalized spacial score (nSPS) is 12.7. The van der Waals surface area contributed by atoms with Gasteiger partial charge in [0.2, 0.25) is 0 Å². The second kappa shape index (κ2) is 6.74. The predicted molar refractivity (Wildman–Crippen MR) is 103 cm³/mol. The van der Waals surface area contributed by atoms with Gasteiger partial charge in [0, 0.05) is 38.4 Å². The second-order valence-electron chi connectivity index (χ2n) is 5.04. The first-order valence-electron chi connectivity index (χ1n) is 6.50. The molecular weight excluding hydrogens is 490 g/mol. The molecule has 3 aromatic rings. The third-order valence-corrected chi connectivity index (χ3v) is 7.37. The van der Waals surface area contributed by atoms with Crippen LogP contribution in [-0.4, -0.2) is 16.8 Å². The number of benzene rings is 2. The first-order chi connectivity index (χ1) is 11.9. The second-order valence-corrected chi connectivity index (χ2v) is 11.3. The van der Waals surface area contributed by atoms with Crippen LogP contribution in [0, 0.1) is 0 Å². The molecule has 0 saturated carbocycles. The summed E-state index contributed by atoms with van der Waals surface area (Å²) >= 11 is 18.1. The Morgan fingerprint density at radius 1 is 0.769 bits per heavy atom. The van der Waals surface area contributed by atoms with E-state index in [9.17, 15) is 16.8 Å². The number of hydrogen-bond donors (Lipinski definition) is 0. The molecule has 0 aliphatic rings. The van der Waals surface area contributed by atoms with Crippen molar-refractivity contribution in [3.63, 3.8) is 0 Å². The van der Waals surface area contributed by atoms with Gasteiger partial charge in [0.25, 0.3) is 18.1 Å². The molecule has 0 saturated heterocycles. The van der Waals surface area contributed by atoms with Crippen molar-refractivity contribution < 1.29 is 21.3 Å². The third-order valence-electron chi connectivity index (χ3n) is 3.40. The lowest BCUT2D eigenvalue weighted by Gasteiger charge is -2.03. The van der Waals surface area contributed by atoms with Crippen LogP contribution < -0.4 is 0 Å². The summed E-state index contributed by atoms with van der Waals surface area (Å²) in [5.41, 5.74) is 0.450. The molecule has 0 radical (unpaired) electrons. The van der Waals surface area contributed by atoms with Crippen molar-refractivity contribution in [3.05, 3.63) is 45.4 Å². The lowest BCUT2D eigenvalue weighted by molar-refractivity contribution is 0.608. The number of fused-ring (bicyclic) bond motifs is 1. The maximum Gasteiger partial charge on any atom is 0.262 e. The average molecular weight is 495 g/mol. The fourth-order valence-electron chi connectivity index (χ4n) is 2.27. The summed E-state index contributed by atoms with van der Waals surface area (Å²) in [4.78, 5) is -0.653. The number of halogens is 5. The number of hydrogen-bond acceptors (Lipinski definition) is 5. The van der Waals surface area contributed by atoms with Crippen LogP contribution in [-0.2, 0) is 18.1 Å². The quantitative estimate of drug-likeness (QED) is 0.423. The SMILES string of the molecule is O=S(=O)(Cl)c1cc(-c2oc3cc(Cl)c(S(=O)(=O)Cl)cc3c2Cl)ccc1Cl. The molecule has 0 aliphatic carbocycles. The van der Waals surface area contributed by atoms with E-state index in [4.69, 9.17) is 60.6 Å². The van der Waals surface area contributed by atoms with Gasteiger partial charge in [-0.25, -0.2) is 16.8 Å². The van der Waals surface area contributed by atoms with Gasteiger partial charge in [-0.3, -0.25) is 0 Å². The Hall–Kier alpha value is -0.670. The smallest absolute Gasteiger partial charge is 0.262 e. The molecule has 0 bridgehead atoms. The van der Waals surface area contributed by atoms with E-state index in [0.717, 1.165) is 0 Å². The maximum absolute atomic E-state index is 11.6. The van der Waals surface area contributed by atoms with E-state index < -0.39 is 18.1 Å². The molecule has 138 valence electrons. The Morgan fingerprint density at radius 3 is 1.92 bits per heavy atom. The van der Waals surface area contributed by atoms with Crippen LogP contribution in [0.2, 0.25) is 15.1 Å². The van der Waals surface area contributed by atoms with Crippen LogP contribution in [0.3, 0.4) is 0 Å². The molecule has 0 unspecified atom stereocenters. The van der Waals surface area contributed by atoms with Crippen LogP contribution in [0.25, 0.3) is 22.3 Å². The highest BCUT2D eigenvalue weighted by atomic mass is 35.7. The van der Waals surface area contributed by atoms with Crippen molar-refractivity contribution in [2.45, 2.75) is 9.79 Å². The van der Waals surface area contributed by atoms with Gasteiger partial charge in [-0.2, -0.15) is 0 Å². The van der Waals surface area contributed by atoms with Gasteiger partial charge >= 0.3 is 0 Å². The molecule has 1 heterocycles. The fraction of sp³-hybridized carbons (Fsp3) is 0. The molecule has 5 nitrogen and oxygen atoms in total. The molecule has 26 heavy (non-hydrogen) atoms. The summed E-state index contributed by atoms with van der Waals surface area (Å²) < 4.78 is 52.0. The van der Waals surface area contributed by atoms with Gasteiger partial charge in [-0.15, -0.1) is 0 Å². The van der Waals surface area contributed by atoms with Gasteiger partial charge in [0.1, 0.15) is 15.4 Å². The first kappa shape index (κ1) is 20.1. The van der Waals surface area contributed by atoms with Crippen molar-refractivity contribution in [2.75, 3.05) is 0 Å². The Morgan fingerprint density at radius 2 is 1.35 bits per heavy atom. The van der Waals surface area contributed by atoms with Gasteiger partial charge in [-0.05, 0) is 24.3 Å². The van der Waals surface area contributed by atoms with Crippen molar-refractivity contribution in [3.8, 4) is 11.3 Å². The largest absolute Gasteiger partial charge is 0.454 e. The summed E-state index contributed by atoms with van der Waals surface area (Å²) in [6.07, 6.45) is 0. The molecule has 0 fully saturated rings. The van der Waals surface area contributed by atoms with E-state index in [-0.39, 0.29) is 47.2 Å². The van der Waals surface area contributed by atoms with Crippen LogP contribution in [0.1, 0.15) is 0 Å². The van der Waals surface area contributed by atoms with E-state index in [2.05, 4.69) is 0 Å². The van der Waals surface area contributed by atoms with E-state index in [0.29, 0.717) is 0 Å². The minimum atomic E-state index is -4.10. The molecule has 0 amide bonds. The Bertz CT molecular complexity index is 1260. The monoisotopic (exact) mass is 492 g/mol. The molecule has 1 aromatic heterocycles. The van der Waals surface area contributed by atoms with Gasteiger partial charge < -0.3 is 4.42 Å². The van der Waals surface area contributed by atoms with E-state index in [1.807, 2.05) is 0 Å². The van der Waals surface area contributed by atoms with Gasteiger partial charge in [-0.1, -0.05) is 34.8 Å². The molecule has 12 heteroatoms. The highest BCUT2D eigenvalue weighted by Gasteiger charge is 2.23. The van der Waals surface area contributed by atoms with Gasteiger partial charge in [0.05, 0.1) is 15.1 Å². The molecular formula is C14H5Cl5O5S2. The zero-order valence-corrected chi connectivity index (χ0v) is 17.5. The number of furan rings is 1. The number of rotatable bonds is 3. The Balaban J connectivity index is 2.30. The topological polar surface area (TPSA) is 81.4 Å². The van der Waals surface area contributed by atoms with Crippen molar-refractivity contribution in [1.82, 2.24) is 0 Å². The highest BCUT2D eigenvalue weighted by molar-refractivity contribution is 8.14. The summed E-state index contributed by atoms with van der Waals surface area (Å²) in [5, 5.41) is 0.0492. The molecule has 2 aromatic carbocycles. The predicted octanol–water partition coefficient (Wildman–Crippen LogP) is 5.92. The van der Waals surface area contributed by atoms with Crippen molar-refractivity contribution in [2.24, 2.45) is 0 Å². The summed E-state index contributed by atoms with van der Waals surface area (Å²) in [5.74, 6) is 0.0834. The lowest BCUT2D eigenvalue weighted by Crippen LogP contribution is -1.92. The zero-order chi connectivity index (χ0) is 19.4. The Labute approximate surface area is 172 Å². The fourth-order valence-corrected chi connectivity index (χ4v) is 5.57. The Kier molecular flexibility index (Phi) is 5.20. The first-order valence-corrected chi connectivity index (χ1v) is 12.3. The van der Waals surface area contributed by atoms with E-state index in [1.165, 1.54) is 30.3 Å². The molecule has 0 aliphatic heterocycles. The lowest BCUT2D eigenvalue weighted by atomic mass is 10.1. The molecule has 3 rings (SSSR count). The summed E-state index contributed by atoms with van der Waals surface area (Å²) in [6.45, 7) is 0. The summed E-state index contributed by atoms with van der Waals surface area (Å²) in [6, 6.07) is 6.39. The summed E-state index contributed by atoms with van der Waals surface area (Å²) in [7, 11) is 2.50. The standard InChI is InChI=1S/C14H5Cl5O5S2/c15-8-2-1-6(3-11(8)25(18,20)21)14-13(17)7-4-12(26(19,22)23)9(16)5-10(7)24-14/h1-5H. The average Bonchev–Trinajstić information content (AvgIpc) is 2.81. The van der Waals surface area contributed by atoms with Gasteiger partial charge in [0.15, 0.2) is 5.76 Å². The van der Waals surface area contributed by atoms with E-state index >= 15 is 0 Å². The van der Waals surface area contributed by atoms with Crippen LogP contribution >= 0.6 is 56.2 Å². The molecule has 0 N–H and O–H groups in total. The maximum atomic E-state index is 11.6. The molecule has 0 spiro atoms. The van der Waals surface area contributed by atoms with Crippen LogP contribution in [0.5, 0.6) is 0 Å². The third kappa shape index (κ3) is 3.67. The van der Waals surface area contributed by atoms with Crippen molar-refractivity contribution >= 4 is 85.2 Å². The minimum absolute atomic E-state index is 0.0403. The molecule has 0 atom stereocenters. The minimum Gasteiger partial charge on any atom is -0.454 e. The van der Waals surface area contributed by atoms with Crippen molar-refractivity contribution in [1.29, 1.82) is 0 Å². The van der Waals surface area contributed by atoms with Crippen LogP contribution in [0.4, 0.5) is 0 Å². The van der Waals surface area contributed by atoms with E-state index in [1.54, 1.807) is 0 Å². The highest BCUT2D eigenvalue weighted by Crippen LogP contribution is 2.42.